The Kier molecular flexibility index (Phi) is 2.44. The maximum Gasteiger partial charge on any atom is 0.123 e. The Balaban J connectivity index is 3.06. The average Bonchev–Trinajstić information content (AvgIpc) is 2.04. The molecule has 4 N–H and O–H groups in total. The summed E-state index contributed by atoms with van der Waals surface area (Å²) in [6.45, 7) is 2.62. The molecule has 0 aromatic carbocycles. The molecule has 1 heterocycles. The molecule has 0 fully saturated rings. The van der Waals surface area contributed by atoms with Crippen LogP contribution in [0.4, 0.5) is 5.82 Å². The van der Waals surface area contributed by atoms with Crippen LogP contribution in [0.25, 0.3) is 0 Å². The summed E-state index contributed by atoms with van der Waals surface area (Å²) >= 11 is 0. The minimum absolute atomic E-state index is 0.538. The molecule has 0 bridgehead atoms. The van der Waals surface area contributed by atoms with Crippen molar-refractivity contribution in [3.8, 4) is 0 Å². The highest BCUT2D eigenvalue weighted by Crippen LogP contribution is 2.10. The number of hydrogen-bond acceptors (Lipinski definition) is 3. The predicted octanol–water partition coefficient (Wildman–Crippen LogP) is 0.685. The standard InChI is InChI=1S/C8H13N3/c1-2-6-3-8(10)11-5-7(6)4-9/h3,5H,2,4,9H2,1H3,(H2,10,11). The first-order valence-electron chi connectivity index (χ1n) is 3.71. The van der Waals surface area contributed by atoms with Gasteiger partial charge in [0.25, 0.3) is 0 Å². The van der Waals surface area contributed by atoms with Gasteiger partial charge >= 0.3 is 0 Å². The number of aromatic nitrogens is 1. The number of nitrogen functional groups attached to an aromatic ring is 1. The van der Waals surface area contributed by atoms with Crippen LogP contribution in [0.1, 0.15) is 18.1 Å². The van der Waals surface area contributed by atoms with Crippen LogP contribution in [-0.4, -0.2) is 4.98 Å². The minimum atomic E-state index is 0.538. The van der Waals surface area contributed by atoms with E-state index >= 15 is 0 Å². The highest BCUT2D eigenvalue weighted by molar-refractivity contribution is 5.36. The van der Waals surface area contributed by atoms with Crippen LogP contribution in [-0.2, 0) is 13.0 Å². The van der Waals surface area contributed by atoms with Gasteiger partial charge in [-0.15, -0.1) is 0 Å². The monoisotopic (exact) mass is 151 g/mol. The number of aryl methyl sites for hydroxylation is 1. The Hall–Kier alpha value is -1.09. The van der Waals surface area contributed by atoms with E-state index < -0.39 is 0 Å². The van der Waals surface area contributed by atoms with Gasteiger partial charge in [-0.3, -0.25) is 0 Å². The van der Waals surface area contributed by atoms with E-state index in [1.807, 2.05) is 6.07 Å². The molecule has 0 radical (unpaired) electrons. The average molecular weight is 151 g/mol. The lowest BCUT2D eigenvalue weighted by atomic mass is 10.1. The second-order valence-electron chi connectivity index (χ2n) is 2.44. The lowest BCUT2D eigenvalue weighted by Gasteiger charge is -2.04. The van der Waals surface area contributed by atoms with E-state index in [1.165, 1.54) is 5.56 Å². The number of nitrogens with zero attached hydrogens (tertiary/aromatic N) is 1. The second kappa shape index (κ2) is 3.34. The highest BCUT2D eigenvalue weighted by Gasteiger charge is 1.98. The number of pyridine rings is 1. The second-order valence-corrected chi connectivity index (χ2v) is 2.44. The smallest absolute Gasteiger partial charge is 0.123 e. The highest BCUT2D eigenvalue weighted by atomic mass is 14.8. The van der Waals surface area contributed by atoms with Crippen molar-refractivity contribution in [1.29, 1.82) is 0 Å². The normalized spacial score (nSPS) is 10.0. The van der Waals surface area contributed by atoms with Gasteiger partial charge in [0.15, 0.2) is 0 Å². The molecule has 0 aliphatic heterocycles. The molecule has 0 aliphatic rings. The van der Waals surface area contributed by atoms with Crippen molar-refractivity contribution < 1.29 is 0 Å². The van der Waals surface area contributed by atoms with E-state index in [1.54, 1.807) is 6.20 Å². The van der Waals surface area contributed by atoms with Crippen molar-refractivity contribution in [1.82, 2.24) is 4.98 Å². The zero-order valence-corrected chi connectivity index (χ0v) is 6.67. The molecule has 0 spiro atoms. The summed E-state index contributed by atoms with van der Waals surface area (Å²) in [5, 5.41) is 0. The Bertz CT molecular complexity index is 245. The molecule has 0 aliphatic carbocycles. The zero-order chi connectivity index (χ0) is 8.27. The van der Waals surface area contributed by atoms with Gasteiger partial charge in [0, 0.05) is 12.7 Å². The van der Waals surface area contributed by atoms with Gasteiger partial charge in [-0.05, 0) is 23.6 Å². The van der Waals surface area contributed by atoms with Crippen LogP contribution in [0.3, 0.4) is 0 Å². The molecule has 3 nitrogen and oxygen atoms in total. The maximum atomic E-state index is 5.51. The number of rotatable bonds is 2. The molecule has 1 rings (SSSR count). The van der Waals surface area contributed by atoms with Crippen LogP contribution < -0.4 is 11.5 Å². The SMILES string of the molecule is CCc1cc(N)ncc1CN. The van der Waals surface area contributed by atoms with Crippen molar-refractivity contribution >= 4 is 5.82 Å². The van der Waals surface area contributed by atoms with Crippen molar-refractivity contribution in [2.24, 2.45) is 5.73 Å². The van der Waals surface area contributed by atoms with E-state index in [2.05, 4.69) is 11.9 Å². The molecule has 0 atom stereocenters. The Morgan fingerprint density at radius 3 is 2.73 bits per heavy atom. The zero-order valence-electron chi connectivity index (χ0n) is 6.67. The summed E-state index contributed by atoms with van der Waals surface area (Å²) < 4.78 is 0. The third kappa shape index (κ3) is 1.68. The summed E-state index contributed by atoms with van der Waals surface area (Å²) in [5.74, 6) is 0.569. The lowest BCUT2D eigenvalue weighted by Crippen LogP contribution is -2.03. The van der Waals surface area contributed by atoms with Gasteiger partial charge in [0.1, 0.15) is 5.82 Å². The molecule has 11 heavy (non-hydrogen) atoms. The minimum Gasteiger partial charge on any atom is -0.384 e. The van der Waals surface area contributed by atoms with Gasteiger partial charge in [0.2, 0.25) is 0 Å². The molecule has 0 saturated heterocycles. The van der Waals surface area contributed by atoms with Gasteiger partial charge in [0.05, 0.1) is 0 Å². The van der Waals surface area contributed by atoms with Crippen molar-refractivity contribution in [3.63, 3.8) is 0 Å². The molecular formula is C8H13N3. The van der Waals surface area contributed by atoms with Crippen LogP contribution in [0.5, 0.6) is 0 Å². The first-order valence-corrected chi connectivity index (χ1v) is 3.71. The van der Waals surface area contributed by atoms with E-state index in [0.29, 0.717) is 12.4 Å². The van der Waals surface area contributed by atoms with Crippen LogP contribution in [0.15, 0.2) is 12.3 Å². The van der Waals surface area contributed by atoms with Crippen LogP contribution in [0, 0.1) is 0 Å². The molecule has 0 saturated carbocycles. The van der Waals surface area contributed by atoms with Crippen molar-refractivity contribution in [2.45, 2.75) is 19.9 Å². The van der Waals surface area contributed by atoms with Crippen LogP contribution >= 0.6 is 0 Å². The largest absolute Gasteiger partial charge is 0.384 e. The Morgan fingerprint density at radius 2 is 2.18 bits per heavy atom. The number of hydrogen-bond donors (Lipinski definition) is 2. The van der Waals surface area contributed by atoms with E-state index in [0.717, 1.165) is 12.0 Å². The van der Waals surface area contributed by atoms with Gasteiger partial charge < -0.3 is 11.5 Å². The maximum absolute atomic E-state index is 5.51. The fourth-order valence-electron chi connectivity index (χ4n) is 1.06. The molecule has 3 heteroatoms. The first-order chi connectivity index (χ1) is 5.27. The molecule has 1 aromatic rings. The van der Waals surface area contributed by atoms with E-state index in [4.69, 9.17) is 11.5 Å². The Morgan fingerprint density at radius 1 is 1.45 bits per heavy atom. The summed E-state index contributed by atoms with van der Waals surface area (Å²) in [6, 6.07) is 1.88. The van der Waals surface area contributed by atoms with Gasteiger partial charge in [-0.25, -0.2) is 4.98 Å². The first kappa shape index (κ1) is 8.01. The van der Waals surface area contributed by atoms with Crippen molar-refractivity contribution in [2.75, 3.05) is 5.73 Å². The molecular weight excluding hydrogens is 138 g/mol. The quantitative estimate of drug-likeness (QED) is 0.653. The summed E-state index contributed by atoms with van der Waals surface area (Å²) in [6.07, 6.45) is 2.70. The number of anilines is 1. The number of nitrogens with two attached hydrogens (primary N) is 2. The summed E-state index contributed by atoms with van der Waals surface area (Å²) in [7, 11) is 0. The third-order valence-electron chi connectivity index (χ3n) is 1.70. The molecule has 0 amide bonds. The van der Waals surface area contributed by atoms with E-state index in [-0.39, 0.29) is 0 Å². The fourth-order valence-corrected chi connectivity index (χ4v) is 1.06. The third-order valence-corrected chi connectivity index (χ3v) is 1.70. The van der Waals surface area contributed by atoms with E-state index in [9.17, 15) is 0 Å². The lowest BCUT2D eigenvalue weighted by molar-refractivity contribution is 0.985. The summed E-state index contributed by atoms with van der Waals surface area (Å²) in [4.78, 5) is 3.96. The molecule has 60 valence electrons. The molecule has 0 unspecified atom stereocenters. The van der Waals surface area contributed by atoms with Gasteiger partial charge in [-0.2, -0.15) is 0 Å². The van der Waals surface area contributed by atoms with Crippen LogP contribution in [0.2, 0.25) is 0 Å². The predicted molar refractivity (Wildman–Crippen MR) is 45.9 cm³/mol. The fraction of sp³-hybridized carbons (Fsp3) is 0.375. The van der Waals surface area contributed by atoms with Gasteiger partial charge in [-0.1, -0.05) is 6.92 Å². The van der Waals surface area contributed by atoms with Crippen molar-refractivity contribution in [3.05, 3.63) is 23.4 Å². The molecule has 1 aromatic heterocycles. The summed E-state index contributed by atoms with van der Waals surface area (Å²) in [5.41, 5.74) is 13.3. The Labute approximate surface area is 66.4 Å². The topological polar surface area (TPSA) is 64.9 Å².